The Morgan fingerprint density at radius 1 is 1.03 bits per heavy atom. The zero-order valence-corrected chi connectivity index (χ0v) is 20.1. The highest BCUT2D eigenvalue weighted by Gasteiger charge is 2.26. The first-order valence-electron chi connectivity index (χ1n) is 11.9. The van der Waals surface area contributed by atoms with Gasteiger partial charge in [0.2, 0.25) is 0 Å². The van der Waals surface area contributed by atoms with Crippen LogP contribution in [0.25, 0.3) is 27.9 Å². The molecular weight excluding hydrogens is 444 g/mol. The lowest BCUT2D eigenvalue weighted by molar-refractivity contribution is 0.0949. The molecule has 0 bridgehead atoms. The van der Waals surface area contributed by atoms with Crippen molar-refractivity contribution in [1.29, 1.82) is 0 Å². The average Bonchev–Trinajstić information content (AvgIpc) is 3.17. The van der Waals surface area contributed by atoms with Crippen LogP contribution in [0.4, 0.5) is 5.82 Å². The summed E-state index contributed by atoms with van der Waals surface area (Å²) in [6.07, 6.45) is 3.69. The molecule has 2 aromatic heterocycles. The standard InChI is InChI=1S/C26H30N6O3/c1-34-17-10-11-21(35-2)20(16-17)32-24(27)22(26(33)28-12-15-31-13-6-3-7-14-31)23-25(32)30-19-9-5-4-8-18(19)29-23/h4-5,8-11,16H,3,6-7,12-15,27H2,1-2H3,(H,28,33). The SMILES string of the molecule is COc1ccc(OC)c(-n2c(N)c(C(=O)NCCN3CCCCC3)c3nc4ccccc4nc32)c1. The summed E-state index contributed by atoms with van der Waals surface area (Å²) in [7, 11) is 3.18. The van der Waals surface area contributed by atoms with Gasteiger partial charge in [-0.2, -0.15) is 0 Å². The minimum absolute atomic E-state index is 0.248. The molecule has 9 nitrogen and oxygen atoms in total. The molecule has 0 aliphatic carbocycles. The Morgan fingerprint density at radius 3 is 2.49 bits per heavy atom. The Labute approximate surface area is 203 Å². The van der Waals surface area contributed by atoms with E-state index in [1.807, 2.05) is 30.3 Å². The first-order chi connectivity index (χ1) is 17.1. The number of ether oxygens (including phenoxy) is 2. The quantitative estimate of drug-likeness (QED) is 0.423. The number of likely N-dealkylation sites (tertiary alicyclic amines) is 1. The van der Waals surface area contributed by atoms with Crippen LogP contribution in [0.3, 0.4) is 0 Å². The fraction of sp³-hybridized carbons (Fsp3) is 0.346. The maximum Gasteiger partial charge on any atom is 0.257 e. The van der Waals surface area contributed by atoms with Gasteiger partial charge in [0.05, 0.1) is 30.9 Å². The molecule has 1 aliphatic rings. The van der Waals surface area contributed by atoms with E-state index in [1.165, 1.54) is 19.3 Å². The number of carbonyl (C=O) groups is 1. The lowest BCUT2D eigenvalue weighted by Crippen LogP contribution is -2.37. The molecular formula is C26H30N6O3. The Hall–Kier alpha value is -3.85. The summed E-state index contributed by atoms with van der Waals surface area (Å²) >= 11 is 0. The van der Waals surface area contributed by atoms with Gasteiger partial charge in [-0.3, -0.25) is 9.36 Å². The first kappa shape index (κ1) is 22.9. The van der Waals surface area contributed by atoms with E-state index in [4.69, 9.17) is 25.2 Å². The molecule has 0 spiro atoms. The number of nitrogens with one attached hydrogen (secondary N) is 1. The van der Waals surface area contributed by atoms with Crippen molar-refractivity contribution in [3.63, 3.8) is 0 Å². The van der Waals surface area contributed by atoms with Crippen LogP contribution in [0.1, 0.15) is 29.6 Å². The number of hydrogen-bond acceptors (Lipinski definition) is 7. The predicted octanol–water partition coefficient (Wildman–Crippen LogP) is 3.39. The zero-order chi connectivity index (χ0) is 24.4. The average molecular weight is 475 g/mol. The van der Waals surface area contributed by atoms with Gasteiger partial charge in [0, 0.05) is 19.2 Å². The summed E-state index contributed by atoms with van der Waals surface area (Å²) < 4.78 is 12.8. The number of nitrogen functional groups attached to an aromatic ring is 1. The molecule has 0 saturated carbocycles. The van der Waals surface area contributed by atoms with E-state index in [2.05, 4.69) is 10.2 Å². The van der Waals surface area contributed by atoms with Gasteiger partial charge >= 0.3 is 0 Å². The van der Waals surface area contributed by atoms with Crippen molar-refractivity contribution < 1.29 is 14.3 Å². The number of rotatable bonds is 7. The molecule has 2 aromatic carbocycles. The number of anilines is 1. The monoisotopic (exact) mass is 474 g/mol. The number of hydrogen-bond donors (Lipinski definition) is 2. The number of nitrogens with two attached hydrogens (primary N) is 1. The molecule has 1 amide bonds. The second kappa shape index (κ2) is 9.79. The maximum absolute atomic E-state index is 13.4. The Morgan fingerprint density at radius 2 is 1.77 bits per heavy atom. The maximum atomic E-state index is 13.4. The summed E-state index contributed by atoms with van der Waals surface area (Å²) in [4.78, 5) is 25.4. The highest BCUT2D eigenvalue weighted by Crippen LogP contribution is 2.36. The van der Waals surface area contributed by atoms with Gasteiger partial charge in [-0.25, -0.2) is 9.97 Å². The summed E-state index contributed by atoms with van der Waals surface area (Å²) in [5, 5.41) is 3.05. The van der Waals surface area contributed by atoms with Crippen molar-refractivity contribution in [2.24, 2.45) is 0 Å². The zero-order valence-electron chi connectivity index (χ0n) is 20.1. The van der Waals surface area contributed by atoms with Crippen molar-refractivity contribution >= 4 is 33.9 Å². The van der Waals surface area contributed by atoms with Crippen LogP contribution >= 0.6 is 0 Å². The lowest BCUT2D eigenvalue weighted by Gasteiger charge is -2.26. The van der Waals surface area contributed by atoms with E-state index in [1.54, 1.807) is 30.9 Å². The largest absolute Gasteiger partial charge is 0.497 e. The molecule has 3 N–H and O–H groups in total. The molecule has 0 radical (unpaired) electrons. The second-order valence-electron chi connectivity index (χ2n) is 8.68. The van der Waals surface area contributed by atoms with E-state index in [0.29, 0.717) is 51.5 Å². The molecule has 35 heavy (non-hydrogen) atoms. The molecule has 9 heteroatoms. The molecule has 0 unspecified atom stereocenters. The summed E-state index contributed by atoms with van der Waals surface area (Å²) in [5.41, 5.74) is 9.91. The van der Waals surface area contributed by atoms with E-state index in [-0.39, 0.29) is 11.7 Å². The number of aromatic nitrogens is 3. The van der Waals surface area contributed by atoms with Crippen LogP contribution in [0, 0.1) is 0 Å². The smallest absolute Gasteiger partial charge is 0.257 e. The molecule has 1 aliphatic heterocycles. The van der Waals surface area contributed by atoms with Gasteiger partial charge < -0.3 is 25.4 Å². The first-order valence-corrected chi connectivity index (χ1v) is 11.9. The van der Waals surface area contributed by atoms with Crippen molar-refractivity contribution in [2.45, 2.75) is 19.3 Å². The summed E-state index contributed by atoms with van der Waals surface area (Å²) in [6, 6.07) is 13.0. The number of carbonyl (C=O) groups excluding carboxylic acids is 1. The topological polar surface area (TPSA) is 108 Å². The Bertz CT molecular complexity index is 1380. The van der Waals surface area contributed by atoms with Crippen molar-refractivity contribution in [3.05, 3.63) is 48.0 Å². The van der Waals surface area contributed by atoms with Crippen molar-refractivity contribution in [2.75, 3.05) is 46.1 Å². The van der Waals surface area contributed by atoms with Crippen molar-refractivity contribution in [1.82, 2.24) is 24.8 Å². The van der Waals surface area contributed by atoms with E-state index >= 15 is 0 Å². The van der Waals surface area contributed by atoms with Gasteiger partial charge in [-0.1, -0.05) is 18.6 Å². The molecule has 4 aromatic rings. The third kappa shape index (κ3) is 4.35. The minimum Gasteiger partial charge on any atom is -0.497 e. The van der Waals surface area contributed by atoms with Gasteiger partial charge in [0.15, 0.2) is 5.65 Å². The van der Waals surface area contributed by atoms with Gasteiger partial charge in [0.25, 0.3) is 5.91 Å². The summed E-state index contributed by atoms with van der Waals surface area (Å²) in [6.45, 7) is 3.49. The molecule has 0 atom stereocenters. The fourth-order valence-electron chi connectivity index (χ4n) is 4.70. The number of methoxy groups -OCH3 is 2. The third-order valence-electron chi connectivity index (χ3n) is 6.51. The van der Waals surface area contributed by atoms with Crippen LogP contribution in [-0.2, 0) is 0 Å². The van der Waals surface area contributed by atoms with Crippen LogP contribution in [0.2, 0.25) is 0 Å². The predicted molar refractivity (Wildman–Crippen MR) is 137 cm³/mol. The number of para-hydroxylation sites is 2. The summed E-state index contributed by atoms with van der Waals surface area (Å²) in [5.74, 6) is 1.18. The normalized spacial score (nSPS) is 14.3. The molecule has 3 heterocycles. The molecule has 5 rings (SSSR count). The van der Waals surface area contributed by atoms with Crippen molar-refractivity contribution in [3.8, 4) is 17.2 Å². The number of amides is 1. The van der Waals surface area contributed by atoms with Gasteiger partial charge in [-0.15, -0.1) is 0 Å². The van der Waals surface area contributed by atoms with Crippen LogP contribution in [-0.4, -0.2) is 65.7 Å². The van der Waals surface area contributed by atoms with E-state index in [9.17, 15) is 4.79 Å². The van der Waals surface area contributed by atoms with E-state index < -0.39 is 0 Å². The fourth-order valence-corrected chi connectivity index (χ4v) is 4.70. The lowest BCUT2D eigenvalue weighted by atomic mass is 10.1. The van der Waals surface area contributed by atoms with Gasteiger partial charge in [-0.05, 0) is 50.2 Å². The number of fused-ring (bicyclic) bond motifs is 2. The van der Waals surface area contributed by atoms with Gasteiger partial charge in [0.1, 0.15) is 28.4 Å². The van der Waals surface area contributed by atoms with Crippen LogP contribution < -0.4 is 20.5 Å². The number of piperidine rings is 1. The molecule has 1 saturated heterocycles. The number of nitrogens with zero attached hydrogens (tertiary/aromatic N) is 4. The third-order valence-corrected chi connectivity index (χ3v) is 6.51. The Balaban J connectivity index is 1.61. The number of benzene rings is 2. The highest BCUT2D eigenvalue weighted by molar-refractivity contribution is 6.11. The molecule has 182 valence electrons. The minimum atomic E-state index is -0.269. The van der Waals surface area contributed by atoms with Crippen LogP contribution in [0.15, 0.2) is 42.5 Å². The van der Waals surface area contributed by atoms with E-state index in [0.717, 1.165) is 19.6 Å². The highest BCUT2D eigenvalue weighted by atomic mass is 16.5. The van der Waals surface area contributed by atoms with Crippen LogP contribution in [0.5, 0.6) is 11.5 Å². The second-order valence-corrected chi connectivity index (χ2v) is 8.68. The Kier molecular flexibility index (Phi) is 6.41. The molecule has 1 fully saturated rings.